The van der Waals surface area contributed by atoms with Crippen LogP contribution in [0.4, 0.5) is 4.79 Å². The predicted molar refractivity (Wildman–Crippen MR) is 82.6 cm³/mol. The van der Waals surface area contributed by atoms with Crippen LogP contribution in [0.1, 0.15) is 43.6 Å². The maximum absolute atomic E-state index is 12.0. The number of carboxylic acids is 1. The van der Waals surface area contributed by atoms with Crippen LogP contribution in [0.15, 0.2) is 30.3 Å². The van der Waals surface area contributed by atoms with E-state index >= 15 is 0 Å². The molecule has 0 spiro atoms. The van der Waals surface area contributed by atoms with Crippen LogP contribution in [0.25, 0.3) is 0 Å². The molecule has 0 heterocycles. The van der Waals surface area contributed by atoms with Gasteiger partial charge in [0.25, 0.3) is 0 Å². The van der Waals surface area contributed by atoms with E-state index in [9.17, 15) is 9.59 Å². The van der Waals surface area contributed by atoms with Crippen molar-refractivity contribution in [2.24, 2.45) is 5.92 Å². The van der Waals surface area contributed by atoms with Gasteiger partial charge in [0.1, 0.15) is 0 Å². The summed E-state index contributed by atoms with van der Waals surface area (Å²) in [6.07, 6.45) is 3.78. The zero-order chi connectivity index (χ0) is 15.5. The second-order valence-electron chi connectivity index (χ2n) is 6.36. The Morgan fingerprint density at radius 2 is 1.68 bits per heavy atom. The molecule has 3 rings (SSSR count). The summed E-state index contributed by atoms with van der Waals surface area (Å²) in [5, 5.41) is 15.0. The van der Waals surface area contributed by atoms with Crippen molar-refractivity contribution in [3.8, 4) is 0 Å². The fraction of sp³-hybridized carbons (Fsp3) is 0.529. The van der Waals surface area contributed by atoms with Gasteiger partial charge in [-0.3, -0.25) is 4.79 Å². The average Bonchev–Trinajstić information content (AvgIpc) is 3.27. The number of carboxylic acid groups (broad SMARTS) is 1. The van der Waals surface area contributed by atoms with Crippen molar-refractivity contribution >= 4 is 12.0 Å². The molecule has 5 nitrogen and oxygen atoms in total. The lowest BCUT2D eigenvalue weighted by Gasteiger charge is -2.26. The highest BCUT2D eigenvalue weighted by atomic mass is 16.4. The summed E-state index contributed by atoms with van der Waals surface area (Å²) in [7, 11) is 0. The Morgan fingerprint density at radius 1 is 1.00 bits per heavy atom. The zero-order valence-corrected chi connectivity index (χ0v) is 12.5. The highest BCUT2D eigenvalue weighted by Crippen LogP contribution is 2.40. The SMILES string of the molecule is O=C(NC1CCC(C(=O)O)CC1)NC1CC1c1ccccc1. The molecule has 0 aromatic heterocycles. The van der Waals surface area contributed by atoms with Crippen molar-refractivity contribution in [3.63, 3.8) is 0 Å². The molecule has 118 valence electrons. The largest absolute Gasteiger partial charge is 0.481 e. The standard InChI is InChI=1S/C17H22N2O3/c20-16(21)12-6-8-13(9-7-12)18-17(22)19-15-10-14(15)11-4-2-1-3-5-11/h1-5,12-15H,6-10H2,(H,20,21)(H2,18,19,22). The van der Waals surface area contributed by atoms with Crippen LogP contribution < -0.4 is 10.6 Å². The number of amides is 2. The van der Waals surface area contributed by atoms with Gasteiger partial charge in [-0.05, 0) is 37.7 Å². The molecule has 0 saturated heterocycles. The van der Waals surface area contributed by atoms with Crippen LogP contribution in [0, 0.1) is 5.92 Å². The lowest BCUT2D eigenvalue weighted by atomic mass is 9.86. The topological polar surface area (TPSA) is 78.4 Å². The van der Waals surface area contributed by atoms with Crippen LogP contribution in [-0.2, 0) is 4.79 Å². The van der Waals surface area contributed by atoms with E-state index in [0.717, 1.165) is 19.3 Å². The number of nitrogens with one attached hydrogen (secondary N) is 2. The Hall–Kier alpha value is -2.04. The number of carbonyl (C=O) groups excluding carboxylic acids is 1. The van der Waals surface area contributed by atoms with Gasteiger partial charge < -0.3 is 15.7 Å². The number of aliphatic carboxylic acids is 1. The fourth-order valence-electron chi connectivity index (χ4n) is 3.30. The number of benzene rings is 1. The third-order valence-electron chi connectivity index (χ3n) is 4.75. The van der Waals surface area contributed by atoms with Crippen molar-refractivity contribution in [1.82, 2.24) is 10.6 Å². The van der Waals surface area contributed by atoms with E-state index in [0.29, 0.717) is 18.8 Å². The quantitative estimate of drug-likeness (QED) is 0.799. The first kappa shape index (κ1) is 14.9. The Bertz CT molecular complexity index is 538. The number of rotatable bonds is 4. The minimum atomic E-state index is -0.716. The third-order valence-corrected chi connectivity index (χ3v) is 4.75. The fourth-order valence-corrected chi connectivity index (χ4v) is 3.30. The van der Waals surface area contributed by atoms with Crippen molar-refractivity contribution in [3.05, 3.63) is 35.9 Å². The van der Waals surface area contributed by atoms with Crippen LogP contribution in [0.3, 0.4) is 0 Å². The third kappa shape index (κ3) is 3.59. The van der Waals surface area contributed by atoms with Gasteiger partial charge in [-0.25, -0.2) is 4.79 Å². The van der Waals surface area contributed by atoms with Gasteiger partial charge in [-0.15, -0.1) is 0 Å². The molecule has 22 heavy (non-hydrogen) atoms. The Labute approximate surface area is 130 Å². The Balaban J connectivity index is 1.40. The van der Waals surface area contributed by atoms with Gasteiger partial charge in [-0.2, -0.15) is 0 Å². The molecule has 0 radical (unpaired) electrons. The van der Waals surface area contributed by atoms with Crippen molar-refractivity contribution in [2.45, 2.75) is 50.1 Å². The molecule has 0 aliphatic heterocycles. The second-order valence-corrected chi connectivity index (χ2v) is 6.36. The van der Waals surface area contributed by atoms with E-state index < -0.39 is 5.97 Å². The van der Waals surface area contributed by atoms with E-state index in [1.54, 1.807) is 0 Å². The smallest absolute Gasteiger partial charge is 0.315 e. The first-order valence-electron chi connectivity index (χ1n) is 7.98. The van der Waals surface area contributed by atoms with Gasteiger partial charge in [0.15, 0.2) is 0 Å². The minimum absolute atomic E-state index is 0.101. The zero-order valence-electron chi connectivity index (χ0n) is 12.5. The molecule has 0 bridgehead atoms. The lowest BCUT2D eigenvalue weighted by Crippen LogP contribution is -2.45. The summed E-state index contributed by atoms with van der Waals surface area (Å²) >= 11 is 0. The molecular formula is C17H22N2O3. The molecule has 2 aliphatic carbocycles. The first-order valence-corrected chi connectivity index (χ1v) is 7.98. The van der Waals surface area contributed by atoms with Gasteiger partial charge in [0, 0.05) is 18.0 Å². The first-order chi connectivity index (χ1) is 10.6. The van der Waals surface area contributed by atoms with Crippen molar-refractivity contribution < 1.29 is 14.7 Å². The van der Waals surface area contributed by atoms with E-state index in [1.807, 2.05) is 18.2 Å². The Morgan fingerprint density at radius 3 is 2.32 bits per heavy atom. The number of carbonyl (C=O) groups is 2. The molecular weight excluding hydrogens is 280 g/mol. The lowest BCUT2D eigenvalue weighted by molar-refractivity contribution is -0.142. The summed E-state index contributed by atoms with van der Waals surface area (Å²) in [5.41, 5.74) is 1.27. The van der Waals surface area contributed by atoms with Gasteiger partial charge in [-0.1, -0.05) is 30.3 Å². The van der Waals surface area contributed by atoms with Crippen molar-refractivity contribution in [2.75, 3.05) is 0 Å². The van der Waals surface area contributed by atoms with E-state index in [1.165, 1.54) is 5.56 Å². The van der Waals surface area contributed by atoms with Crippen molar-refractivity contribution in [1.29, 1.82) is 0 Å². The molecule has 2 unspecified atom stereocenters. The number of hydrogen-bond donors (Lipinski definition) is 3. The van der Waals surface area contributed by atoms with Gasteiger partial charge >= 0.3 is 12.0 Å². The molecule has 5 heteroatoms. The average molecular weight is 302 g/mol. The maximum Gasteiger partial charge on any atom is 0.315 e. The summed E-state index contributed by atoms with van der Waals surface area (Å²) in [5.74, 6) is -0.534. The van der Waals surface area contributed by atoms with Gasteiger partial charge in [0.2, 0.25) is 0 Å². The second kappa shape index (κ2) is 6.38. The molecule has 2 atom stereocenters. The molecule has 2 fully saturated rings. The van der Waals surface area contributed by atoms with Crippen LogP contribution >= 0.6 is 0 Å². The van der Waals surface area contributed by atoms with Gasteiger partial charge in [0.05, 0.1) is 5.92 Å². The summed E-state index contributed by atoms with van der Waals surface area (Å²) in [6, 6.07) is 10.4. The van der Waals surface area contributed by atoms with Crippen LogP contribution in [0.2, 0.25) is 0 Å². The number of urea groups is 1. The normalized spacial score (nSPS) is 30.4. The molecule has 3 N–H and O–H groups in total. The molecule has 2 amide bonds. The van der Waals surface area contributed by atoms with E-state index in [2.05, 4.69) is 22.8 Å². The maximum atomic E-state index is 12.0. The molecule has 1 aromatic carbocycles. The minimum Gasteiger partial charge on any atom is -0.481 e. The molecule has 2 saturated carbocycles. The molecule has 2 aliphatic rings. The predicted octanol–water partition coefficient (Wildman–Crippen LogP) is 2.49. The highest BCUT2D eigenvalue weighted by Gasteiger charge is 2.39. The highest BCUT2D eigenvalue weighted by molar-refractivity contribution is 5.75. The van der Waals surface area contributed by atoms with Crippen LogP contribution in [0.5, 0.6) is 0 Å². The number of hydrogen-bond acceptors (Lipinski definition) is 2. The molecule has 1 aromatic rings. The van der Waals surface area contributed by atoms with E-state index in [-0.39, 0.29) is 24.0 Å². The monoisotopic (exact) mass is 302 g/mol. The van der Waals surface area contributed by atoms with Crippen LogP contribution in [-0.4, -0.2) is 29.2 Å². The Kier molecular flexibility index (Phi) is 4.32. The van der Waals surface area contributed by atoms with E-state index in [4.69, 9.17) is 5.11 Å². The summed E-state index contributed by atoms with van der Waals surface area (Å²) < 4.78 is 0. The summed E-state index contributed by atoms with van der Waals surface area (Å²) in [6.45, 7) is 0. The summed E-state index contributed by atoms with van der Waals surface area (Å²) in [4.78, 5) is 22.9.